The average Bonchev–Trinajstić information content (AvgIpc) is 2.40. The third kappa shape index (κ3) is 8.89. The Hall–Kier alpha value is -1.27. The number of hydrogen-bond acceptors (Lipinski definition) is 4. The van der Waals surface area contributed by atoms with Crippen molar-refractivity contribution in [2.45, 2.75) is 33.3 Å². The Morgan fingerprint density at radius 2 is 1.91 bits per heavy atom. The van der Waals surface area contributed by atoms with Crippen molar-refractivity contribution in [3.63, 3.8) is 0 Å². The molecule has 0 aliphatic heterocycles. The number of alkyl carbamates (subject to hydrolysis) is 1. The van der Waals surface area contributed by atoms with Crippen molar-refractivity contribution in [2.24, 2.45) is 5.41 Å². The average molecular weight is 348 g/mol. The molecule has 0 spiro atoms. The molecule has 1 amide bonds. The first-order chi connectivity index (χ1) is 10.2. The predicted molar refractivity (Wildman–Crippen MR) is 87.3 cm³/mol. The van der Waals surface area contributed by atoms with Crippen LogP contribution in [0.25, 0.3) is 0 Å². The molecular formula is C15H22ClNO4S. The summed E-state index contributed by atoms with van der Waals surface area (Å²) in [4.78, 5) is 11.5. The fourth-order valence-corrected chi connectivity index (χ4v) is 4.03. The molecule has 22 heavy (non-hydrogen) atoms. The molecule has 0 unspecified atom stereocenters. The lowest BCUT2D eigenvalue weighted by Crippen LogP contribution is -2.27. The van der Waals surface area contributed by atoms with Crippen LogP contribution in [0.15, 0.2) is 30.3 Å². The van der Waals surface area contributed by atoms with Crippen molar-refractivity contribution >= 4 is 25.8 Å². The van der Waals surface area contributed by atoms with Gasteiger partial charge in [-0.3, -0.25) is 0 Å². The van der Waals surface area contributed by atoms with Crippen molar-refractivity contribution < 1.29 is 17.9 Å². The van der Waals surface area contributed by atoms with Gasteiger partial charge in [0, 0.05) is 17.2 Å². The smallest absolute Gasteiger partial charge is 0.407 e. The second-order valence-corrected chi connectivity index (χ2v) is 8.72. The largest absolute Gasteiger partial charge is 0.445 e. The van der Waals surface area contributed by atoms with Gasteiger partial charge in [0.25, 0.3) is 0 Å². The minimum Gasteiger partial charge on any atom is -0.445 e. The summed E-state index contributed by atoms with van der Waals surface area (Å²) in [6, 6.07) is 9.41. The SMILES string of the molecule is CC(C)(CCCNC(=O)OCc1ccccc1)CS(=O)(=O)Cl. The molecule has 0 fully saturated rings. The molecular weight excluding hydrogens is 326 g/mol. The zero-order valence-electron chi connectivity index (χ0n) is 12.8. The van der Waals surface area contributed by atoms with Gasteiger partial charge >= 0.3 is 6.09 Å². The van der Waals surface area contributed by atoms with Gasteiger partial charge in [0.15, 0.2) is 0 Å². The first-order valence-electron chi connectivity index (χ1n) is 7.05. The summed E-state index contributed by atoms with van der Waals surface area (Å²) in [7, 11) is 1.75. The first kappa shape index (κ1) is 18.8. The van der Waals surface area contributed by atoms with Gasteiger partial charge in [0.05, 0.1) is 5.75 Å². The molecule has 7 heteroatoms. The summed E-state index contributed by atoms with van der Waals surface area (Å²) in [5.74, 6) is -0.0833. The van der Waals surface area contributed by atoms with E-state index >= 15 is 0 Å². The fourth-order valence-electron chi connectivity index (χ4n) is 2.07. The Morgan fingerprint density at radius 3 is 2.50 bits per heavy atom. The van der Waals surface area contributed by atoms with Gasteiger partial charge in [-0.25, -0.2) is 13.2 Å². The third-order valence-corrected chi connectivity index (χ3v) is 4.53. The van der Waals surface area contributed by atoms with E-state index in [9.17, 15) is 13.2 Å². The second kappa shape index (κ2) is 8.39. The van der Waals surface area contributed by atoms with Crippen molar-refractivity contribution in [1.29, 1.82) is 0 Å². The van der Waals surface area contributed by atoms with Gasteiger partial charge < -0.3 is 10.1 Å². The molecule has 0 radical (unpaired) electrons. The number of rotatable bonds is 8. The molecule has 1 aromatic carbocycles. The second-order valence-electron chi connectivity index (χ2n) is 5.94. The Kier molecular flexibility index (Phi) is 7.16. The Labute approximate surface area is 136 Å². The summed E-state index contributed by atoms with van der Waals surface area (Å²) in [5.41, 5.74) is 0.502. The number of carbonyl (C=O) groups is 1. The maximum Gasteiger partial charge on any atom is 0.407 e. The van der Waals surface area contributed by atoms with E-state index in [4.69, 9.17) is 15.4 Å². The summed E-state index contributed by atoms with van der Waals surface area (Å²) in [6.45, 7) is 4.32. The lowest BCUT2D eigenvalue weighted by atomic mass is 9.90. The minimum atomic E-state index is -3.51. The van der Waals surface area contributed by atoms with Crippen LogP contribution in [0, 0.1) is 5.41 Å². The summed E-state index contributed by atoms with van der Waals surface area (Å²) >= 11 is 0. The fraction of sp³-hybridized carbons (Fsp3) is 0.533. The van der Waals surface area contributed by atoms with E-state index in [1.807, 2.05) is 44.2 Å². The van der Waals surface area contributed by atoms with Crippen LogP contribution >= 0.6 is 10.7 Å². The predicted octanol–water partition coefficient (Wildman–Crippen LogP) is 3.29. The number of amides is 1. The lowest BCUT2D eigenvalue weighted by molar-refractivity contribution is 0.139. The summed E-state index contributed by atoms with van der Waals surface area (Å²) in [6.07, 6.45) is 0.809. The molecule has 0 saturated heterocycles. The van der Waals surface area contributed by atoms with Crippen LogP contribution in [0.1, 0.15) is 32.3 Å². The van der Waals surface area contributed by atoms with Gasteiger partial charge in [-0.2, -0.15) is 0 Å². The Morgan fingerprint density at radius 1 is 1.27 bits per heavy atom. The number of hydrogen-bond donors (Lipinski definition) is 1. The van der Waals surface area contributed by atoms with Gasteiger partial charge in [-0.05, 0) is 23.8 Å². The molecule has 0 heterocycles. The van der Waals surface area contributed by atoms with E-state index in [0.29, 0.717) is 19.4 Å². The van der Waals surface area contributed by atoms with E-state index in [-0.39, 0.29) is 12.4 Å². The van der Waals surface area contributed by atoms with E-state index in [0.717, 1.165) is 5.56 Å². The van der Waals surface area contributed by atoms with Gasteiger partial charge in [0.2, 0.25) is 9.05 Å². The highest BCUT2D eigenvalue weighted by Crippen LogP contribution is 2.25. The third-order valence-electron chi connectivity index (χ3n) is 3.08. The monoisotopic (exact) mass is 347 g/mol. The molecule has 0 bridgehead atoms. The molecule has 124 valence electrons. The van der Waals surface area contributed by atoms with Gasteiger partial charge in [0.1, 0.15) is 6.61 Å². The van der Waals surface area contributed by atoms with Crippen LogP contribution < -0.4 is 5.32 Å². The normalized spacial score (nSPS) is 12.0. The topological polar surface area (TPSA) is 72.5 Å². The number of nitrogens with one attached hydrogen (secondary N) is 1. The van der Waals surface area contributed by atoms with Crippen LogP contribution in [0.2, 0.25) is 0 Å². The molecule has 0 aromatic heterocycles. The highest BCUT2D eigenvalue weighted by molar-refractivity contribution is 8.13. The van der Waals surface area contributed by atoms with E-state index < -0.39 is 20.6 Å². The molecule has 1 N–H and O–H groups in total. The van der Waals surface area contributed by atoms with Crippen molar-refractivity contribution in [1.82, 2.24) is 5.32 Å². The Bertz CT molecular complexity index is 572. The van der Waals surface area contributed by atoms with Gasteiger partial charge in [-0.15, -0.1) is 0 Å². The van der Waals surface area contributed by atoms with Gasteiger partial charge in [-0.1, -0.05) is 44.2 Å². The molecule has 0 aliphatic rings. The van der Waals surface area contributed by atoms with Crippen molar-refractivity contribution in [2.75, 3.05) is 12.3 Å². The van der Waals surface area contributed by atoms with Crippen molar-refractivity contribution in [3.8, 4) is 0 Å². The van der Waals surface area contributed by atoms with E-state index in [1.54, 1.807) is 0 Å². The lowest BCUT2D eigenvalue weighted by Gasteiger charge is -2.22. The molecule has 1 aromatic rings. The molecule has 0 aliphatic carbocycles. The highest BCUT2D eigenvalue weighted by Gasteiger charge is 2.24. The minimum absolute atomic E-state index is 0.0833. The van der Waals surface area contributed by atoms with Crippen LogP contribution in [0.3, 0.4) is 0 Å². The number of ether oxygens (including phenoxy) is 1. The summed E-state index contributed by atoms with van der Waals surface area (Å²) in [5, 5.41) is 2.64. The quantitative estimate of drug-likeness (QED) is 0.578. The number of benzene rings is 1. The Balaban J connectivity index is 2.20. The zero-order chi connectivity index (χ0) is 16.6. The first-order valence-corrected chi connectivity index (χ1v) is 9.53. The van der Waals surface area contributed by atoms with Crippen LogP contribution in [0.5, 0.6) is 0 Å². The van der Waals surface area contributed by atoms with Crippen LogP contribution in [-0.2, 0) is 20.4 Å². The standard InChI is InChI=1S/C15H22ClNO4S/c1-15(2,12-22(16,19)20)9-6-10-17-14(18)21-11-13-7-4-3-5-8-13/h3-5,7-8H,6,9-12H2,1-2H3,(H,17,18). The molecule has 0 atom stereocenters. The maximum absolute atomic E-state index is 11.5. The van der Waals surface area contributed by atoms with Crippen molar-refractivity contribution in [3.05, 3.63) is 35.9 Å². The zero-order valence-corrected chi connectivity index (χ0v) is 14.4. The summed E-state index contributed by atoms with van der Waals surface area (Å²) < 4.78 is 27.2. The molecule has 0 saturated carbocycles. The number of halogens is 1. The van der Waals surface area contributed by atoms with Crippen LogP contribution in [-0.4, -0.2) is 26.8 Å². The van der Waals surface area contributed by atoms with E-state index in [2.05, 4.69) is 5.32 Å². The number of carbonyl (C=O) groups excluding carboxylic acids is 1. The van der Waals surface area contributed by atoms with E-state index in [1.165, 1.54) is 0 Å². The molecule has 5 nitrogen and oxygen atoms in total. The molecule has 1 rings (SSSR count). The maximum atomic E-state index is 11.5. The highest BCUT2D eigenvalue weighted by atomic mass is 35.7. The van der Waals surface area contributed by atoms with Crippen LogP contribution in [0.4, 0.5) is 4.79 Å².